The number of hydrogen-bond acceptors (Lipinski definition) is 2. The first kappa shape index (κ1) is 9.03. The summed E-state index contributed by atoms with van der Waals surface area (Å²) < 4.78 is 1.94. The van der Waals surface area contributed by atoms with Crippen LogP contribution in [-0.2, 0) is 0 Å². The van der Waals surface area contributed by atoms with Gasteiger partial charge in [0, 0.05) is 0 Å². The molecule has 1 aromatic heterocycles. The molecule has 1 aromatic rings. The van der Waals surface area contributed by atoms with E-state index in [1.54, 1.807) is 6.20 Å². The fourth-order valence-electron chi connectivity index (χ4n) is 1.81. The number of piperidine rings is 1. The van der Waals surface area contributed by atoms with Crippen molar-refractivity contribution in [2.24, 2.45) is 0 Å². The van der Waals surface area contributed by atoms with Crippen LogP contribution in [0.2, 0.25) is 5.15 Å². The van der Waals surface area contributed by atoms with Crippen molar-refractivity contribution in [3.8, 4) is 0 Å². The van der Waals surface area contributed by atoms with Gasteiger partial charge in [0.15, 0.2) is 0 Å². The lowest BCUT2D eigenvalue weighted by Crippen LogP contribution is -2.31. The highest BCUT2D eigenvalue weighted by Gasteiger charge is 2.19. The first-order chi connectivity index (χ1) is 6.27. The molecular weight excluding hydrogens is 186 g/mol. The van der Waals surface area contributed by atoms with Crippen LogP contribution in [0.15, 0.2) is 12.3 Å². The third-order valence-electron chi connectivity index (χ3n) is 2.66. The van der Waals surface area contributed by atoms with Crippen LogP contribution in [-0.4, -0.2) is 34.8 Å². The lowest BCUT2D eigenvalue weighted by atomic mass is 10.1. The molecule has 0 atom stereocenters. The minimum absolute atomic E-state index is 0.499. The van der Waals surface area contributed by atoms with Crippen LogP contribution < -0.4 is 0 Å². The summed E-state index contributed by atoms with van der Waals surface area (Å²) in [6, 6.07) is 2.35. The smallest absolute Gasteiger partial charge is 0.127 e. The maximum Gasteiger partial charge on any atom is 0.127 e. The Morgan fingerprint density at radius 3 is 2.69 bits per heavy atom. The van der Waals surface area contributed by atoms with Crippen molar-refractivity contribution in [2.45, 2.75) is 18.9 Å². The van der Waals surface area contributed by atoms with Gasteiger partial charge in [-0.05, 0) is 39.0 Å². The second-order valence-electron chi connectivity index (χ2n) is 3.63. The van der Waals surface area contributed by atoms with E-state index >= 15 is 0 Å². The Morgan fingerprint density at radius 1 is 1.46 bits per heavy atom. The molecule has 4 heteroatoms. The molecular formula is C9H14ClN3. The molecule has 1 fully saturated rings. The Kier molecular flexibility index (Phi) is 2.56. The molecule has 0 radical (unpaired) electrons. The molecule has 0 saturated carbocycles. The first-order valence-corrected chi connectivity index (χ1v) is 5.03. The molecule has 0 aromatic carbocycles. The quantitative estimate of drug-likeness (QED) is 0.688. The largest absolute Gasteiger partial charge is 0.306 e. The minimum atomic E-state index is 0.499. The number of nitrogens with zero attached hydrogens (tertiary/aromatic N) is 3. The molecule has 0 bridgehead atoms. The van der Waals surface area contributed by atoms with Gasteiger partial charge in [0.2, 0.25) is 0 Å². The van der Waals surface area contributed by atoms with E-state index in [9.17, 15) is 0 Å². The molecule has 0 aliphatic carbocycles. The number of aromatic nitrogens is 2. The zero-order valence-corrected chi connectivity index (χ0v) is 8.54. The topological polar surface area (TPSA) is 21.1 Å². The second kappa shape index (κ2) is 3.68. The summed E-state index contributed by atoms with van der Waals surface area (Å²) in [6.07, 6.45) is 4.07. The Balaban J connectivity index is 2.06. The van der Waals surface area contributed by atoms with Gasteiger partial charge >= 0.3 is 0 Å². The Hall–Kier alpha value is -0.540. The molecule has 2 heterocycles. The summed E-state index contributed by atoms with van der Waals surface area (Å²) in [4.78, 5) is 2.34. The third kappa shape index (κ3) is 1.86. The second-order valence-corrected chi connectivity index (χ2v) is 4.02. The van der Waals surface area contributed by atoms with Crippen LogP contribution in [0.1, 0.15) is 18.9 Å². The molecule has 1 aliphatic rings. The van der Waals surface area contributed by atoms with Gasteiger partial charge in [-0.2, -0.15) is 5.10 Å². The Labute approximate surface area is 83.3 Å². The van der Waals surface area contributed by atoms with Gasteiger partial charge in [0.25, 0.3) is 0 Å². The van der Waals surface area contributed by atoms with Crippen LogP contribution in [0.3, 0.4) is 0 Å². The maximum absolute atomic E-state index is 6.00. The molecule has 1 aliphatic heterocycles. The number of halogens is 1. The van der Waals surface area contributed by atoms with Crippen LogP contribution in [0, 0.1) is 0 Å². The predicted octanol–water partition coefficient (Wildman–Crippen LogP) is 1.80. The van der Waals surface area contributed by atoms with Gasteiger partial charge < -0.3 is 4.90 Å². The van der Waals surface area contributed by atoms with Crippen molar-refractivity contribution in [1.82, 2.24) is 14.7 Å². The summed E-state index contributed by atoms with van der Waals surface area (Å²) in [6.45, 7) is 2.28. The fourth-order valence-corrected chi connectivity index (χ4v) is 2.04. The molecule has 72 valence electrons. The number of hydrogen-bond donors (Lipinski definition) is 0. The normalized spacial score (nSPS) is 20.8. The van der Waals surface area contributed by atoms with E-state index < -0.39 is 0 Å². The Morgan fingerprint density at radius 2 is 2.15 bits per heavy atom. The van der Waals surface area contributed by atoms with Crippen LogP contribution in [0.4, 0.5) is 0 Å². The molecule has 1 saturated heterocycles. The van der Waals surface area contributed by atoms with Crippen molar-refractivity contribution >= 4 is 11.6 Å². The predicted molar refractivity (Wildman–Crippen MR) is 53.0 cm³/mol. The van der Waals surface area contributed by atoms with Crippen molar-refractivity contribution < 1.29 is 0 Å². The maximum atomic E-state index is 6.00. The number of rotatable bonds is 1. The highest BCUT2D eigenvalue weighted by Crippen LogP contribution is 2.24. The summed E-state index contributed by atoms with van der Waals surface area (Å²) >= 11 is 6.00. The van der Waals surface area contributed by atoms with E-state index in [2.05, 4.69) is 17.0 Å². The summed E-state index contributed by atoms with van der Waals surface area (Å²) in [5.74, 6) is 0. The van der Waals surface area contributed by atoms with Crippen molar-refractivity contribution in [3.63, 3.8) is 0 Å². The summed E-state index contributed by atoms with van der Waals surface area (Å²) in [7, 11) is 2.15. The van der Waals surface area contributed by atoms with Gasteiger partial charge in [-0.1, -0.05) is 11.6 Å². The highest BCUT2D eigenvalue weighted by molar-refractivity contribution is 6.29. The lowest BCUT2D eigenvalue weighted by Gasteiger charge is -2.29. The van der Waals surface area contributed by atoms with Gasteiger partial charge in [-0.3, -0.25) is 4.68 Å². The van der Waals surface area contributed by atoms with E-state index in [-0.39, 0.29) is 0 Å². The molecule has 0 amide bonds. The minimum Gasteiger partial charge on any atom is -0.306 e. The highest BCUT2D eigenvalue weighted by atomic mass is 35.5. The molecule has 0 spiro atoms. The zero-order chi connectivity index (χ0) is 9.26. The van der Waals surface area contributed by atoms with Crippen molar-refractivity contribution in [1.29, 1.82) is 0 Å². The SMILES string of the molecule is CN1CCC(n2nccc2Cl)CC1. The van der Waals surface area contributed by atoms with E-state index in [1.807, 2.05) is 10.7 Å². The van der Waals surface area contributed by atoms with Gasteiger partial charge in [0.1, 0.15) is 5.15 Å². The van der Waals surface area contributed by atoms with Crippen LogP contribution >= 0.6 is 11.6 Å². The van der Waals surface area contributed by atoms with Crippen LogP contribution in [0.25, 0.3) is 0 Å². The van der Waals surface area contributed by atoms with Gasteiger partial charge in [-0.25, -0.2) is 0 Å². The molecule has 13 heavy (non-hydrogen) atoms. The van der Waals surface area contributed by atoms with E-state index in [0.717, 1.165) is 31.1 Å². The lowest BCUT2D eigenvalue weighted by molar-refractivity contribution is 0.212. The van der Waals surface area contributed by atoms with E-state index in [1.165, 1.54) is 0 Å². The first-order valence-electron chi connectivity index (χ1n) is 4.65. The summed E-state index contributed by atoms with van der Waals surface area (Å²) in [5, 5.41) is 4.99. The third-order valence-corrected chi connectivity index (χ3v) is 2.96. The Bertz CT molecular complexity index is 276. The standard InChI is InChI=1S/C9H14ClN3/c1-12-6-3-8(4-7-12)13-9(10)2-5-11-13/h2,5,8H,3-4,6-7H2,1H3. The zero-order valence-electron chi connectivity index (χ0n) is 7.78. The average molecular weight is 200 g/mol. The fraction of sp³-hybridized carbons (Fsp3) is 0.667. The molecule has 0 N–H and O–H groups in total. The number of likely N-dealkylation sites (tertiary alicyclic amines) is 1. The van der Waals surface area contributed by atoms with Crippen molar-refractivity contribution in [2.75, 3.05) is 20.1 Å². The van der Waals surface area contributed by atoms with Gasteiger partial charge in [0.05, 0.1) is 12.2 Å². The van der Waals surface area contributed by atoms with Crippen molar-refractivity contribution in [3.05, 3.63) is 17.4 Å². The molecule has 0 unspecified atom stereocenters. The van der Waals surface area contributed by atoms with Crippen LogP contribution in [0.5, 0.6) is 0 Å². The molecule has 3 nitrogen and oxygen atoms in total. The monoisotopic (exact) mass is 199 g/mol. The van der Waals surface area contributed by atoms with E-state index in [4.69, 9.17) is 11.6 Å². The average Bonchev–Trinajstić information content (AvgIpc) is 2.53. The van der Waals surface area contributed by atoms with E-state index in [0.29, 0.717) is 6.04 Å². The van der Waals surface area contributed by atoms with Gasteiger partial charge in [-0.15, -0.1) is 0 Å². The molecule has 2 rings (SSSR count). The summed E-state index contributed by atoms with van der Waals surface area (Å²) in [5.41, 5.74) is 0.